The van der Waals surface area contributed by atoms with Crippen LogP contribution in [0, 0.1) is 11.8 Å². The third-order valence-electron chi connectivity index (χ3n) is 6.32. The molecular formula is C29H32N6O5S. The van der Waals surface area contributed by atoms with Crippen LogP contribution in [0.2, 0.25) is 0 Å². The normalized spacial score (nSPS) is 12.2. The van der Waals surface area contributed by atoms with Crippen LogP contribution in [0.5, 0.6) is 0 Å². The highest BCUT2D eigenvalue weighted by atomic mass is 32.2. The van der Waals surface area contributed by atoms with Crippen molar-refractivity contribution in [2.24, 2.45) is 11.8 Å². The lowest BCUT2D eigenvalue weighted by Gasteiger charge is -2.17. The number of carbonyl (C=O) groups excluding carboxylic acids is 2. The number of hydroxylamine groups is 1. The largest absolute Gasteiger partial charge is 0.325 e. The van der Waals surface area contributed by atoms with Crippen LogP contribution in [0.4, 0.5) is 5.69 Å². The first-order valence-electron chi connectivity index (χ1n) is 13.0. The third-order valence-corrected chi connectivity index (χ3v) is 7.73. The van der Waals surface area contributed by atoms with Gasteiger partial charge in [0.2, 0.25) is 15.9 Å². The number of sulfonamides is 1. The Kier molecular flexibility index (Phi) is 9.61. The summed E-state index contributed by atoms with van der Waals surface area (Å²) in [5.41, 5.74) is 5.31. The number of anilines is 1. The molecule has 4 N–H and O–H groups in total. The Morgan fingerprint density at radius 2 is 1.56 bits per heavy atom. The van der Waals surface area contributed by atoms with Gasteiger partial charge in [0.1, 0.15) is 5.92 Å². The molecule has 0 fully saturated rings. The number of benzene rings is 3. The summed E-state index contributed by atoms with van der Waals surface area (Å²) in [5.74, 6) is -2.19. The van der Waals surface area contributed by atoms with E-state index in [-0.39, 0.29) is 17.4 Å². The molecule has 0 radical (unpaired) electrons. The molecule has 11 nitrogen and oxygen atoms in total. The molecule has 0 saturated carbocycles. The van der Waals surface area contributed by atoms with Crippen molar-refractivity contribution < 1.29 is 23.2 Å². The lowest BCUT2D eigenvalue weighted by atomic mass is 9.95. The molecule has 1 atom stereocenters. The zero-order valence-corrected chi connectivity index (χ0v) is 23.5. The lowest BCUT2D eigenvalue weighted by Crippen LogP contribution is -2.37. The van der Waals surface area contributed by atoms with Crippen molar-refractivity contribution in [1.29, 1.82) is 0 Å². The first-order chi connectivity index (χ1) is 19.6. The highest BCUT2D eigenvalue weighted by Crippen LogP contribution is 2.21. The Morgan fingerprint density at radius 1 is 0.902 bits per heavy atom. The molecule has 1 aromatic heterocycles. The van der Waals surface area contributed by atoms with Gasteiger partial charge in [-0.1, -0.05) is 73.7 Å². The zero-order valence-electron chi connectivity index (χ0n) is 22.7. The van der Waals surface area contributed by atoms with Crippen LogP contribution in [0.25, 0.3) is 11.1 Å². The molecule has 214 valence electrons. The van der Waals surface area contributed by atoms with Gasteiger partial charge in [-0.3, -0.25) is 14.8 Å². The van der Waals surface area contributed by atoms with Crippen LogP contribution in [0.1, 0.15) is 31.5 Å². The molecule has 41 heavy (non-hydrogen) atoms. The van der Waals surface area contributed by atoms with Crippen LogP contribution in [0.15, 0.2) is 90.0 Å². The number of amides is 2. The van der Waals surface area contributed by atoms with Crippen molar-refractivity contribution in [3.8, 4) is 11.1 Å². The van der Waals surface area contributed by atoms with E-state index in [1.807, 2.05) is 44.2 Å². The van der Waals surface area contributed by atoms with E-state index < -0.39 is 27.8 Å². The first kappa shape index (κ1) is 29.6. The van der Waals surface area contributed by atoms with Gasteiger partial charge in [-0.25, -0.2) is 23.3 Å². The number of rotatable bonds is 12. The molecule has 0 bridgehead atoms. The van der Waals surface area contributed by atoms with E-state index in [0.717, 1.165) is 16.7 Å². The quantitative estimate of drug-likeness (QED) is 0.114. The average molecular weight is 577 g/mol. The van der Waals surface area contributed by atoms with Crippen molar-refractivity contribution >= 4 is 27.5 Å². The summed E-state index contributed by atoms with van der Waals surface area (Å²) in [5, 5.41) is 19.8. The van der Waals surface area contributed by atoms with Gasteiger partial charge in [-0.15, -0.1) is 5.10 Å². The second-order valence-electron chi connectivity index (χ2n) is 9.97. The molecule has 0 aliphatic rings. The fourth-order valence-electron chi connectivity index (χ4n) is 4.20. The molecule has 3 aromatic carbocycles. The number of aromatic nitrogens is 3. The molecule has 2 amide bonds. The van der Waals surface area contributed by atoms with Gasteiger partial charge < -0.3 is 5.32 Å². The molecule has 0 aliphatic carbocycles. The minimum Gasteiger partial charge on any atom is -0.325 e. The molecule has 12 heteroatoms. The summed E-state index contributed by atoms with van der Waals surface area (Å²) in [6.45, 7) is 4.12. The Labute approximate surface area is 238 Å². The van der Waals surface area contributed by atoms with Gasteiger partial charge in [-0.05, 0) is 53.3 Å². The van der Waals surface area contributed by atoms with Crippen LogP contribution in [-0.2, 0) is 32.7 Å². The van der Waals surface area contributed by atoms with Gasteiger partial charge in [0, 0.05) is 5.69 Å². The van der Waals surface area contributed by atoms with Gasteiger partial charge in [0.15, 0.2) is 0 Å². The summed E-state index contributed by atoms with van der Waals surface area (Å²) in [4.78, 5) is 24.6. The summed E-state index contributed by atoms with van der Waals surface area (Å²) in [6, 6.07) is 23.4. The van der Waals surface area contributed by atoms with E-state index in [4.69, 9.17) is 5.21 Å². The second-order valence-corrected chi connectivity index (χ2v) is 11.7. The molecule has 1 heterocycles. The van der Waals surface area contributed by atoms with Crippen LogP contribution >= 0.6 is 0 Å². The number of hydrogen-bond donors (Lipinski definition) is 4. The minimum atomic E-state index is -3.74. The number of hydrogen-bond acceptors (Lipinski definition) is 7. The Hall–Kier alpha value is -4.39. The highest BCUT2D eigenvalue weighted by molar-refractivity contribution is 7.89. The molecule has 0 spiro atoms. The smallest absolute Gasteiger partial charge is 0.255 e. The maximum atomic E-state index is 12.8. The third kappa shape index (κ3) is 8.07. The van der Waals surface area contributed by atoms with Gasteiger partial charge >= 0.3 is 0 Å². The summed E-state index contributed by atoms with van der Waals surface area (Å²) in [7, 11) is -3.74. The summed E-state index contributed by atoms with van der Waals surface area (Å²) >= 11 is 0. The SMILES string of the molecule is CC(C)CC(C(=O)NO)C(=O)Nc1ccc(Cn2cc(CNS(=O)(=O)c3ccc(-c4ccccc4)cc3)nn2)cc1. The minimum absolute atomic E-state index is 0.0211. The lowest BCUT2D eigenvalue weighted by molar-refractivity contribution is -0.139. The Bertz CT molecular complexity index is 1570. The molecule has 1 unspecified atom stereocenters. The van der Waals surface area contributed by atoms with Gasteiger partial charge in [-0.2, -0.15) is 0 Å². The number of nitrogens with one attached hydrogen (secondary N) is 3. The first-order valence-corrected chi connectivity index (χ1v) is 14.5. The second kappa shape index (κ2) is 13.3. The number of carbonyl (C=O) groups is 2. The average Bonchev–Trinajstić information content (AvgIpc) is 3.43. The molecule has 4 aromatic rings. The Balaban J connectivity index is 1.31. The topological polar surface area (TPSA) is 155 Å². The predicted molar refractivity (Wildman–Crippen MR) is 153 cm³/mol. The predicted octanol–water partition coefficient (Wildman–Crippen LogP) is 3.58. The monoisotopic (exact) mass is 576 g/mol. The summed E-state index contributed by atoms with van der Waals surface area (Å²) < 4.78 is 29.7. The van der Waals surface area contributed by atoms with E-state index in [0.29, 0.717) is 24.3 Å². The van der Waals surface area contributed by atoms with Crippen molar-refractivity contribution in [1.82, 2.24) is 25.2 Å². The van der Waals surface area contributed by atoms with Crippen LogP contribution in [0.3, 0.4) is 0 Å². The van der Waals surface area contributed by atoms with E-state index in [1.165, 1.54) is 0 Å². The van der Waals surface area contributed by atoms with E-state index in [1.54, 1.807) is 64.9 Å². The van der Waals surface area contributed by atoms with Crippen LogP contribution < -0.4 is 15.5 Å². The number of nitrogens with zero attached hydrogens (tertiary/aromatic N) is 3. The fraction of sp³-hybridized carbons (Fsp3) is 0.241. The fourth-order valence-corrected chi connectivity index (χ4v) is 5.20. The zero-order chi connectivity index (χ0) is 29.4. The standard InChI is InChI=1S/C29H32N6O5S/c1-20(2)16-27(29(37)33-38)28(36)31-24-12-8-21(9-13-24)18-35-19-25(32-34-35)17-30-41(39,40)26-14-10-23(11-15-26)22-6-4-3-5-7-22/h3-15,19-20,27,30,38H,16-18H2,1-2H3,(H,31,36)(H,33,37). The maximum Gasteiger partial charge on any atom is 0.255 e. The summed E-state index contributed by atoms with van der Waals surface area (Å²) in [6.07, 6.45) is 1.95. The molecule has 0 saturated heterocycles. The Morgan fingerprint density at radius 3 is 2.20 bits per heavy atom. The van der Waals surface area contributed by atoms with E-state index in [2.05, 4.69) is 20.4 Å². The van der Waals surface area contributed by atoms with E-state index in [9.17, 15) is 18.0 Å². The van der Waals surface area contributed by atoms with Crippen molar-refractivity contribution in [3.63, 3.8) is 0 Å². The van der Waals surface area contributed by atoms with Gasteiger partial charge in [0.05, 0.1) is 29.9 Å². The maximum absolute atomic E-state index is 12.8. The van der Waals surface area contributed by atoms with Crippen molar-refractivity contribution in [2.75, 3.05) is 5.32 Å². The van der Waals surface area contributed by atoms with Crippen molar-refractivity contribution in [3.05, 3.63) is 96.3 Å². The molecular weight excluding hydrogens is 544 g/mol. The molecule has 0 aliphatic heterocycles. The highest BCUT2D eigenvalue weighted by Gasteiger charge is 2.27. The van der Waals surface area contributed by atoms with Crippen LogP contribution in [-0.4, -0.2) is 40.4 Å². The van der Waals surface area contributed by atoms with Crippen molar-refractivity contribution in [2.45, 2.75) is 38.3 Å². The molecule has 4 rings (SSSR count). The van der Waals surface area contributed by atoms with Gasteiger partial charge in [0.25, 0.3) is 5.91 Å². The van der Waals surface area contributed by atoms with E-state index >= 15 is 0 Å².